The standard InChI is InChI=1S/C14H12N4O2/c1-8-7-12(18-20-8)14(19)17-11-5-4-10(15)13-9(11)3-2-6-16-13/h2-7H,15H2,1H3,(H,17,19). The molecule has 0 saturated heterocycles. The average molecular weight is 268 g/mol. The van der Waals surface area contributed by atoms with Gasteiger partial charge in [-0.2, -0.15) is 0 Å². The largest absolute Gasteiger partial charge is 0.397 e. The van der Waals surface area contributed by atoms with Crippen LogP contribution >= 0.6 is 0 Å². The number of nitrogen functional groups attached to an aromatic ring is 1. The number of rotatable bonds is 2. The number of anilines is 2. The molecule has 0 aliphatic carbocycles. The van der Waals surface area contributed by atoms with Gasteiger partial charge in [-0.25, -0.2) is 0 Å². The molecule has 0 bridgehead atoms. The molecule has 20 heavy (non-hydrogen) atoms. The van der Waals surface area contributed by atoms with E-state index in [1.165, 1.54) is 0 Å². The minimum Gasteiger partial charge on any atom is -0.397 e. The fraction of sp³-hybridized carbons (Fsp3) is 0.0714. The third kappa shape index (κ3) is 2.07. The summed E-state index contributed by atoms with van der Waals surface area (Å²) < 4.78 is 4.89. The normalized spacial score (nSPS) is 10.7. The molecule has 6 nitrogen and oxygen atoms in total. The molecule has 0 aliphatic heterocycles. The molecule has 100 valence electrons. The van der Waals surface area contributed by atoms with Gasteiger partial charge in [-0.1, -0.05) is 5.16 Å². The van der Waals surface area contributed by atoms with Crippen molar-refractivity contribution >= 4 is 28.2 Å². The maximum atomic E-state index is 12.1. The van der Waals surface area contributed by atoms with Crippen LogP contribution in [0.3, 0.4) is 0 Å². The van der Waals surface area contributed by atoms with Gasteiger partial charge >= 0.3 is 0 Å². The highest BCUT2D eigenvalue weighted by Crippen LogP contribution is 2.26. The van der Waals surface area contributed by atoms with Crippen LogP contribution in [-0.2, 0) is 0 Å². The molecule has 0 fully saturated rings. The molecule has 0 unspecified atom stereocenters. The number of nitrogens with one attached hydrogen (secondary N) is 1. The molecule has 1 aromatic carbocycles. The van der Waals surface area contributed by atoms with Crippen LogP contribution in [0.4, 0.5) is 11.4 Å². The number of hydrogen-bond donors (Lipinski definition) is 2. The third-order valence-corrected chi connectivity index (χ3v) is 2.91. The van der Waals surface area contributed by atoms with E-state index in [1.807, 2.05) is 6.07 Å². The van der Waals surface area contributed by atoms with Crippen LogP contribution in [0.2, 0.25) is 0 Å². The number of pyridine rings is 1. The summed E-state index contributed by atoms with van der Waals surface area (Å²) in [6.45, 7) is 1.73. The third-order valence-electron chi connectivity index (χ3n) is 2.91. The zero-order valence-corrected chi connectivity index (χ0v) is 10.8. The fourth-order valence-corrected chi connectivity index (χ4v) is 1.96. The number of amides is 1. The Morgan fingerprint density at radius 1 is 1.35 bits per heavy atom. The van der Waals surface area contributed by atoms with E-state index in [2.05, 4.69) is 15.5 Å². The maximum Gasteiger partial charge on any atom is 0.277 e. The van der Waals surface area contributed by atoms with Crippen LogP contribution in [0.25, 0.3) is 10.9 Å². The van der Waals surface area contributed by atoms with Crippen molar-refractivity contribution in [3.05, 3.63) is 48.0 Å². The Kier molecular flexibility index (Phi) is 2.83. The number of carbonyl (C=O) groups excluding carboxylic acids is 1. The van der Waals surface area contributed by atoms with E-state index in [1.54, 1.807) is 37.4 Å². The first kappa shape index (κ1) is 12.2. The number of hydrogen-bond acceptors (Lipinski definition) is 5. The lowest BCUT2D eigenvalue weighted by Gasteiger charge is -2.08. The Labute approximate surface area is 114 Å². The summed E-state index contributed by atoms with van der Waals surface area (Å²) in [5, 5.41) is 7.25. The lowest BCUT2D eigenvalue weighted by atomic mass is 10.1. The van der Waals surface area contributed by atoms with Gasteiger partial charge in [-0.15, -0.1) is 0 Å². The number of benzene rings is 1. The van der Waals surface area contributed by atoms with Crippen molar-refractivity contribution in [3.8, 4) is 0 Å². The van der Waals surface area contributed by atoms with E-state index in [0.29, 0.717) is 22.7 Å². The van der Waals surface area contributed by atoms with Crippen molar-refractivity contribution < 1.29 is 9.32 Å². The van der Waals surface area contributed by atoms with E-state index in [9.17, 15) is 4.79 Å². The predicted octanol–water partition coefficient (Wildman–Crippen LogP) is 2.37. The van der Waals surface area contributed by atoms with Crippen LogP contribution in [0.5, 0.6) is 0 Å². The lowest BCUT2D eigenvalue weighted by molar-refractivity contribution is 0.101. The van der Waals surface area contributed by atoms with E-state index < -0.39 is 0 Å². The van der Waals surface area contributed by atoms with Gasteiger partial charge in [-0.05, 0) is 31.2 Å². The van der Waals surface area contributed by atoms with Crippen LogP contribution in [-0.4, -0.2) is 16.0 Å². The SMILES string of the molecule is Cc1cc(C(=O)Nc2ccc(N)c3ncccc23)no1. The molecule has 2 aromatic heterocycles. The van der Waals surface area contributed by atoms with Gasteiger partial charge in [0.2, 0.25) is 0 Å². The Hall–Kier alpha value is -2.89. The summed E-state index contributed by atoms with van der Waals surface area (Å²) in [7, 11) is 0. The molecule has 0 atom stereocenters. The van der Waals surface area contributed by atoms with Gasteiger partial charge in [0.15, 0.2) is 5.69 Å². The molecule has 0 saturated carbocycles. The summed E-state index contributed by atoms with van der Waals surface area (Å²) in [5.74, 6) is 0.246. The molecule has 1 amide bonds. The molecule has 0 spiro atoms. The first-order valence-electron chi connectivity index (χ1n) is 6.03. The van der Waals surface area contributed by atoms with Crippen molar-refractivity contribution in [2.45, 2.75) is 6.92 Å². The van der Waals surface area contributed by atoms with Gasteiger partial charge < -0.3 is 15.6 Å². The van der Waals surface area contributed by atoms with Crippen molar-refractivity contribution in [1.82, 2.24) is 10.1 Å². The van der Waals surface area contributed by atoms with Crippen molar-refractivity contribution in [2.75, 3.05) is 11.1 Å². The summed E-state index contributed by atoms with van der Waals surface area (Å²) in [5.41, 5.74) is 7.95. The summed E-state index contributed by atoms with van der Waals surface area (Å²) >= 11 is 0. The summed E-state index contributed by atoms with van der Waals surface area (Å²) in [6.07, 6.45) is 1.66. The van der Waals surface area contributed by atoms with Crippen molar-refractivity contribution in [3.63, 3.8) is 0 Å². The second-order valence-electron chi connectivity index (χ2n) is 4.38. The molecule has 3 rings (SSSR count). The fourth-order valence-electron chi connectivity index (χ4n) is 1.96. The van der Waals surface area contributed by atoms with Crippen LogP contribution in [0, 0.1) is 6.92 Å². The monoisotopic (exact) mass is 268 g/mol. The minimum atomic E-state index is -0.336. The van der Waals surface area contributed by atoms with E-state index in [-0.39, 0.29) is 11.6 Å². The highest BCUT2D eigenvalue weighted by Gasteiger charge is 2.13. The first-order chi connectivity index (χ1) is 9.65. The highest BCUT2D eigenvalue weighted by atomic mass is 16.5. The molecule has 3 aromatic rings. The number of nitrogens with zero attached hydrogens (tertiary/aromatic N) is 2. The maximum absolute atomic E-state index is 12.1. The molecular weight excluding hydrogens is 256 g/mol. The Balaban J connectivity index is 1.99. The number of fused-ring (bicyclic) bond motifs is 1. The molecule has 0 radical (unpaired) electrons. The van der Waals surface area contributed by atoms with Crippen LogP contribution in [0.1, 0.15) is 16.2 Å². The van der Waals surface area contributed by atoms with Crippen LogP contribution in [0.15, 0.2) is 41.1 Å². The van der Waals surface area contributed by atoms with Gasteiger partial charge in [-0.3, -0.25) is 9.78 Å². The Morgan fingerprint density at radius 3 is 2.95 bits per heavy atom. The van der Waals surface area contributed by atoms with Crippen molar-refractivity contribution in [1.29, 1.82) is 0 Å². The van der Waals surface area contributed by atoms with Gasteiger partial charge in [0.05, 0.1) is 16.9 Å². The molecular formula is C14H12N4O2. The predicted molar refractivity (Wildman–Crippen MR) is 75.3 cm³/mol. The molecule has 0 aliphatic rings. The second-order valence-corrected chi connectivity index (χ2v) is 4.38. The quantitative estimate of drug-likeness (QED) is 0.696. The van der Waals surface area contributed by atoms with Gasteiger partial charge in [0, 0.05) is 17.6 Å². The number of carbonyl (C=O) groups is 1. The van der Waals surface area contributed by atoms with Crippen LogP contribution < -0.4 is 11.1 Å². The van der Waals surface area contributed by atoms with E-state index >= 15 is 0 Å². The molecule has 6 heteroatoms. The van der Waals surface area contributed by atoms with Gasteiger partial charge in [0.25, 0.3) is 5.91 Å². The summed E-state index contributed by atoms with van der Waals surface area (Å²) in [6, 6.07) is 8.66. The number of aromatic nitrogens is 2. The van der Waals surface area contributed by atoms with Crippen molar-refractivity contribution in [2.24, 2.45) is 0 Å². The van der Waals surface area contributed by atoms with E-state index in [0.717, 1.165) is 5.39 Å². The first-order valence-corrected chi connectivity index (χ1v) is 6.03. The topological polar surface area (TPSA) is 94.0 Å². The average Bonchev–Trinajstić information content (AvgIpc) is 2.89. The number of aryl methyl sites for hydroxylation is 1. The zero-order chi connectivity index (χ0) is 14.1. The minimum absolute atomic E-state index is 0.233. The molecule has 3 N–H and O–H groups in total. The van der Waals surface area contributed by atoms with Gasteiger partial charge in [0.1, 0.15) is 5.76 Å². The highest BCUT2D eigenvalue weighted by molar-refractivity contribution is 6.09. The Morgan fingerprint density at radius 2 is 2.20 bits per heavy atom. The number of nitrogens with two attached hydrogens (primary N) is 1. The second kappa shape index (κ2) is 4.65. The lowest BCUT2D eigenvalue weighted by Crippen LogP contribution is -2.12. The molecule has 2 heterocycles. The van der Waals surface area contributed by atoms with E-state index in [4.69, 9.17) is 10.3 Å². The smallest absolute Gasteiger partial charge is 0.277 e. The zero-order valence-electron chi connectivity index (χ0n) is 10.8. The summed E-state index contributed by atoms with van der Waals surface area (Å²) in [4.78, 5) is 16.3. The Bertz CT molecular complexity index is 795.